The molecule has 20 heavy (non-hydrogen) atoms. The summed E-state index contributed by atoms with van der Waals surface area (Å²) in [4.78, 5) is 0.0871. The summed E-state index contributed by atoms with van der Waals surface area (Å²) in [7, 11) is -2.22. The summed E-state index contributed by atoms with van der Waals surface area (Å²) in [5.41, 5.74) is 0.500. The third kappa shape index (κ3) is 4.19. The highest BCUT2D eigenvalue weighted by atomic mass is 32.2. The molecule has 0 unspecified atom stereocenters. The van der Waals surface area contributed by atoms with Crippen LogP contribution in [0.4, 0.5) is 0 Å². The Morgan fingerprint density at radius 3 is 2.50 bits per heavy atom. The van der Waals surface area contributed by atoms with Crippen molar-refractivity contribution in [3.8, 4) is 5.75 Å². The molecule has 1 aromatic rings. The number of nitrogens with one attached hydrogen (secondary N) is 1. The lowest BCUT2D eigenvalue weighted by atomic mass is 9.91. The van der Waals surface area contributed by atoms with E-state index in [9.17, 15) is 8.42 Å². The van der Waals surface area contributed by atoms with E-state index in [2.05, 4.69) is 4.72 Å². The van der Waals surface area contributed by atoms with E-state index in [-0.39, 0.29) is 22.7 Å². The van der Waals surface area contributed by atoms with Gasteiger partial charge in [0.05, 0.1) is 13.7 Å². The molecule has 2 N–H and O–H groups in total. The molecule has 0 atom stereocenters. The first kappa shape index (κ1) is 16.9. The van der Waals surface area contributed by atoms with E-state index in [1.54, 1.807) is 6.07 Å². The summed E-state index contributed by atoms with van der Waals surface area (Å²) in [5.74, 6) is 0.235. The van der Waals surface area contributed by atoms with Crippen LogP contribution in [0.2, 0.25) is 0 Å². The Hall–Kier alpha value is -1.11. The SMILES string of the molecule is CCC(C)(C)CNS(=O)(=O)c1ccc(CO)cc1OC. The van der Waals surface area contributed by atoms with Crippen LogP contribution in [0.5, 0.6) is 5.75 Å². The van der Waals surface area contributed by atoms with E-state index in [1.165, 1.54) is 19.2 Å². The van der Waals surface area contributed by atoms with Gasteiger partial charge in [-0.3, -0.25) is 0 Å². The van der Waals surface area contributed by atoms with Crippen LogP contribution in [0.15, 0.2) is 23.1 Å². The molecule has 0 aromatic heterocycles. The van der Waals surface area contributed by atoms with Crippen LogP contribution in [0, 0.1) is 5.41 Å². The highest BCUT2D eigenvalue weighted by Crippen LogP contribution is 2.26. The lowest BCUT2D eigenvalue weighted by Crippen LogP contribution is -2.33. The van der Waals surface area contributed by atoms with Crippen molar-refractivity contribution in [3.63, 3.8) is 0 Å². The van der Waals surface area contributed by atoms with Crippen LogP contribution in [0.1, 0.15) is 32.8 Å². The molecule has 0 saturated carbocycles. The van der Waals surface area contributed by atoms with Crippen molar-refractivity contribution in [2.45, 2.75) is 38.7 Å². The van der Waals surface area contributed by atoms with Gasteiger partial charge in [-0.15, -0.1) is 0 Å². The van der Waals surface area contributed by atoms with Crippen molar-refractivity contribution < 1.29 is 18.3 Å². The van der Waals surface area contributed by atoms with E-state index in [0.29, 0.717) is 12.1 Å². The number of sulfonamides is 1. The smallest absolute Gasteiger partial charge is 0.244 e. The Morgan fingerprint density at radius 1 is 1.35 bits per heavy atom. The minimum Gasteiger partial charge on any atom is -0.495 e. The molecule has 0 saturated heterocycles. The number of rotatable bonds is 7. The second-order valence-electron chi connectivity index (χ2n) is 5.49. The summed E-state index contributed by atoms with van der Waals surface area (Å²) in [6.45, 7) is 6.22. The third-order valence-electron chi connectivity index (χ3n) is 3.40. The van der Waals surface area contributed by atoms with E-state index in [4.69, 9.17) is 9.84 Å². The highest BCUT2D eigenvalue weighted by Gasteiger charge is 2.23. The molecular formula is C14H23NO4S. The van der Waals surface area contributed by atoms with Gasteiger partial charge < -0.3 is 9.84 Å². The standard InChI is InChI=1S/C14H23NO4S/c1-5-14(2,3)10-15-20(17,18)13-7-6-11(9-16)8-12(13)19-4/h6-8,15-16H,5,9-10H2,1-4H3. The Morgan fingerprint density at radius 2 is 2.00 bits per heavy atom. The lowest BCUT2D eigenvalue weighted by Gasteiger charge is -2.23. The zero-order valence-electron chi connectivity index (χ0n) is 12.4. The summed E-state index contributed by atoms with van der Waals surface area (Å²) in [6, 6.07) is 4.55. The van der Waals surface area contributed by atoms with Crippen molar-refractivity contribution in [1.82, 2.24) is 4.72 Å². The zero-order chi connectivity index (χ0) is 15.4. The average Bonchev–Trinajstić information content (AvgIpc) is 2.44. The Bertz CT molecular complexity index is 552. The first-order valence-electron chi connectivity index (χ1n) is 6.53. The van der Waals surface area contributed by atoms with E-state index in [1.807, 2.05) is 20.8 Å². The molecule has 0 amide bonds. The topological polar surface area (TPSA) is 75.6 Å². The molecule has 0 heterocycles. The maximum absolute atomic E-state index is 12.3. The molecule has 1 rings (SSSR count). The Balaban J connectivity index is 3.03. The minimum atomic E-state index is -3.63. The number of methoxy groups -OCH3 is 1. The monoisotopic (exact) mass is 301 g/mol. The predicted molar refractivity (Wildman–Crippen MR) is 78.2 cm³/mol. The maximum Gasteiger partial charge on any atom is 0.244 e. The second kappa shape index (κ2) is 6.56. The summed E-state index contributed by atoms with van der Waals surface area (Å²) < 4.78 is 32.4. The largest absolute Gasteiger partial charge is 0.495 e. The number of hydrogen-bond donors (Lipinski definition) is 2. The van der Waals surface area contributed by atoms with Gasteiger partial charge in [0.2, 0.25) is 10.0 Å². The van der Waals surface area contributed by atoms with Crippen LogP contribution in [-0.4, -0.2) is 27.2 Å². The van der Waals surface area contributed by atoms with Gasteiger partial charge in [0.25, 0.3) is 0 Å². The number of aliphatic hydroxyl groups excluding tert-OH is 1. The summed E-state index contributed by atoms with van der Waals surface area (Å²) in [6.07, 6.45) is 0.871. The molecule has 0 spiro atoms. The van der Waals surface area contributed by atoms with Crippen molar-refractivity contribution in [2.24, 2.45) is 5.41 Å². The average molecular weight is 301 g/mol. The molecule has 6 heteroatoms. The van der Waals surface area contributed by atoms with Crippen LogP contribution >= 0.6 is 0 Å². The molecule has 114 valence electrons. The summed E-state index contributed by atoms with van der Waals surface area (Å²) in [5, 5.41) is 9.07. The van der Waals surface area contributed by atoms with Crippen LogP contribution in [0.25, 0.3) is 0 Å². The molecule has 0 aliphatic carbocycles. The van der Waals surface area contributed by atoms with Crippen molar-refractivity contribution in [2.75, 3.05) is 13.7 Å². The van der Waals surface area contributed by atoms with E-state index in [0.717, 1.165) is 6.42 Å². The van der Waals surface area contributed by atoms with Crippen LogP contribution < -0.4 is 9.46 Å². The third-order valence-corrected chi connectivity index (χ3v) is 4.84. The lowest BCUT2D eigenvalue weighted by molar-refractivity contribution is 0.280. The van der Waals surface area contributed by atoms with Gasteiger partial charge in [0.15, 0.2) is 0 Å². The fourth-order valence-corrected chi connectivity index (χ4v) is 2.92. The van der Waals surface area contributed by atoms with Gasteiger partial charge in [-0.1, -0.05) is 26.8 Å². The quantitative estimate of drug-likeness (QED) is 0.806. The minimum absolute atomic E-state index is 0.0871. The molecule has 1 aromatic carbocycles. The molecule has 0 aliphatic rings. The Kier molecular flexibility index (Phi) is 5.56. The van der Waals surface area contributed by atoms with Crippen molar-refractivity contribution >= 4 is 10.0 Å². The highest BCUT2D eigenvalue weighted by molar-refractivity contribution is 7.89. The van der Waals surface area contributed by atoms with Crippen molar-refractivity contribution in [1.29, 1.82) is 0 Å². The predicted octanol–water partition coefficient (Wildman–Crippen LogP) is 1.90. The number of benzene rings is 1. The fraction of sp³-hybridized carbons (Fsp3) is 0.571. The molecule has 5 nitrogen and oxygen atoms in total. The normalized spacial score (nSPS) is 12.4. The molecule has 0 radical (unpaired) electrons. The van der Waals surface area contributed by atoms with Gasteiger partial charge >= 0.3 is 0 Å². The maximum atomic E-state index is 12.3. The van der Waals surface area contributed by atoms with Gasteiger partial charge in [-0.05, 0) is 29.5 Å². The first-order valence-corrected chi connectivity index (χ1v) is 8.01. The number of hydrogen-bond acceptors (Lipinski definition) is 4. The fourth-order valence-electron chi connectivity index (χ4n) is 1.53. The van der Waals surface area contributed by atoms with Crippen LogP contribution in [-0.2, 0) is 16.6 Å². The molecular weight excluding hydrogens is 278 g/mol. The molecule has 0 aliphatic heterocycles. The first-order chi connectivity index (χ1) is 9.25. The van der Waals surface area contributed by atoms with Crippen molar-refractivity contribution in [3.05, 3.63) is 23.8 Å². The molecule has 0 bridgehead atoms. The summed E-state index contributed by atoms with van der Waals surface area (Å²) >= 11 is 0. The number of aliphatic hydroxyl groups is 1. The zero-order valence-corrected chi connectivity index (χ0v) is 13.3. The van der Waals surface area contributed by atoms with Gasteiger partial charge in [-0.2, -0.15) is 0 Å². The van der Waals surface area contributed by atoms with Crippen LogP contribution in [0.3, 0.4) is 0 Å². The van der Waals surface area contributed by atoms with E-state index >= 15 is 0 Å². The van der Waals surface area contributed by atoms with Gasteiger partial charge in [0.1, 0.15) is 10.6 Å². The second-order valence-corrected chi connectivity index (χ2v) is 7.22. The van der Waals surface area contributed by atoms with Gasteiger partial charge in [-0.25, -0.2) is 13.1 Å². The van der Waals surface area contributed by atoms with Gasteiger partial charge in [0, 0.05) is 6.54 Å². The number of ether oxygens (including phenoxy) is 1. The van der Waals surface area contributed by atoms with E-state index < -0.39 is 10.0 Å². The molecule has 0 fully saturated rings. The Labute approximate surface area is 121 Å².